The molecular weight excluding hydrogens is 421 g/mol. The number of nitrogens with zero attached hydrogens (tertiary/aromatic N) is 1. The number of hydrogen-bond donors (Lipinski definition) is 0. The van der Waals surface area contributed by atoms with Crippen LogP contribution in [0, 0.1) is 12.7 Å². The van der Waals surface area contributed by atoms with Crippen LogP contribution in [0.2, 0.25) is 5.02 Å². The summed E-state index contributed by atoms with van der Waals surface area (Å²) in [6.07, 6.45) is 1.55. The molecular formula is C24H15ClFNO4. The monoisotopic (exact) mass is 435 g/mol. The molecule has 7 heteroatoms. The topological polar surface area (TPSA) is 65.0 Å². The summed E-state index contributed by atoms with van der Waals surface area (Å²) in [5, 5.41) is 0.550. The van der Waals surface area contributed by atoms with Gasteiger partial charge in [-0.15, -0.1) is 0 Å². The van der Waals surface area contributed by atoms with Crippen molar-refractivity contribution in [1.29, 1.82) is 0 Å². The number of ether oxygens (including phenoxy) is 2. The average Bonchev–Trinajstić information content (AvgIpc) is 3.12. The summed E-state index contributed by atoms with van der Waals surface area (Å²) in [7, 11) is 0. The van der Waals surface area contributed by atoms with Gasteiger partial charge < -0.3 is 9.47 Å². The second-order valence-corrected chi connectivity index (χ2v) is 7.15. The van der Waals surface area contributed by atoms with Gasteiger partial charge in [0.05, 0.1) is 5.56 Å². The molecule has 0 atom stereocenters. The first-order valence-corrected chi connectivity index (χ1v) is 9.64. The highest BCUT2D eigenvalue weighted by Crippen LogP contribution is 2.24. The van der Waals surface area contributed by atoms with Gasteiger partial charge in [0, 0.05) is 10.6 Å². The molecule has 0 amide bonds. The van der Waals surface area contributed by atoms with Crippen LogP contribution in [0.15, 0.2) is 77.4 Å². The fourth-order valence-electron chi connectivity index (χ4n) is 2.84. The van der Waals surface area contributed by atoms with Crippen LogP contribution in [0.5, 0.6) is 5.75 Å². The van der Waals surface area contributed by atoms with Crippen LogP contribution in [0.4, 0.5) is 4.39 Å². The van der Waals surface area contributed by atoms with Crippen LogP contribution in [0.25, 0.3) is 6.08 Å². The number of rotatable bonds is 4. The first-order valence-electron chi connectivity index (χ1n) is 9.26. The summed E-state index contributed by atoms with van der Waals surface area (Å²) >= 11 is 6.13. The fraction of sp³-hybridized carbons (Fsp3) is 0.0417. The van der Waals surface area contributed by atoms with Crippen molar-refractivity contribution in [1.82, 2.24) is 0 Å². The lowest BCUT2D eigenvalue weighted by Crippen LogP contribution is -2.10. The molecule has 0 radical (unpaired) electrons. The summed E-state index contributed by atoms with van der Waals surface area (Å²) in [6.45, 7) is 1.87. The Morgan fingerprint density at radius 3 is 2.55 bits per heavy atom. The number of aryl methyl sites for hydroxylation is 1. The Hall–Kier alpha value is -3.77. The van der Waals surface area contributed by atoms with Crippen molar-refractivity contribution >= 4 is 35.5 Å². The average molecular weight is 436 g/mol. The third-order valence-electron chi connectivity index (χ3n) is 4.53. The van der Waals surface area contributed by atoms with E-state index in [4.69, 9.17) is 21.1 Å². The molecule has 3 aromatic rings. The molecule has 0 aromatic heterocycles. The molecule has 0 saturated carbocycles. The van der Waals surface area contributed by atoms with E-state index in [0.717, 1.165) is 5.56 Å². The van der Waals surface area contributed by atoms with E-state index in [2.05, 4.69) is 4.99 Å². The van der Waals surface area contributed by atoms with Gasteiger partial charge in [-0.25, -0.2) is 19.0 Å². The Morgan fingerprint density at radius 2 is 1.84 bits per heavy atom. The SMILES string of the molecule is Cc1ccc(C2=N/C(=C\c3ccc(OC(=O)c4ccccc4F)cc3)C(=O)O2)cc1Cl. The van der Waals surface area contributed by atoms with E-state index in [0.29, 0.717) is 16.1 Å². The summed E-state index contributed by atoms with van der Waals surface area (Å²) in [4.78, 5) is 28.5. The van der Waals surface area contributed by atoms with E-state index in [9.17, 15) is 14.0 Å². The molecule has 0 aliphatic carbocycles. The lowest BCUT2D eigenvalue weighted by Gasteiger charge is -2.05. The highest BCUT2D eigenvalue weighted by Gasteiger charge is 2.24. The Labute approximate surface area is 182 Å². The van der Waals surface area contributed by atoms with Gasteiger partial charge in [0.15, 0.2) is 5.70 Å². The highest BCUT2D eigenvalue weighted by atomic mass is 35.5. The maximum atomic E-state index is 13.7. The van der Waals surface area contributed by atoms with Gasteiger partial charge in [-0.2, -0.15) is 0 Å². The minimum absolute atomic E-state index is 0.128. The molecule has 31 heavy (non-hydrogen) atoms. The molecule has 1 aliphatic heterocycles. The van der Waals surface area contributed by atoms with Crippen LogP contribution in [-0.4, -0.2) is 17.8 Å². The van der Waals surface area contributed by atoms with Crippen LogP contribution in [0.3, 0.4) is 0 Å². The van der Waals surface area contributed by atoms with Gasteiger partial charge in [-0.1, -0.05) is 41.9 Å². The van der Waals surface area contributed by atoms with Crippen molar-refractivity contribution in [2.75, 3.05) is 0 Å². The smallest absolute Gasteiger partial charge is 0.363 e. The summed E-state index contributed by atoms with van der Waals surface area (Å²) in [5.41, 5.74) is 2.12. The number of halogens is 2. The normalized spacial score (nSPS) is 14.4. The van der Waals surface area contributed by atoms with Gasteiger partial charge in [0.1, 0.15) is 11.6 Å². The zero-order valence-electron chi connectivity index (χ0n) is 16.3. The standard InChI is InChI=1S/C24H15ClFNO4/c1-14-6-9-16(13-19(14)25)22-27-21(24(29)31-22)12-15-7-10-17(11-8-15)30-23(28)18-4-2-3-5-20(18)26/h2-13H,1H3/b21-12-. The van der Waals surface area contributed by atoms with E-state index in [1.54, 1.807) is 36.4 Å². The highest BCUT2D eigenvalue weighted by molar-refractivity contribution is 6.31. The minimum atomic E-state index is -0.797. The van der Waals surface area contributed by atoms with E-state index in [1.807, 2.05) is 13.0 Å². The Morgan fingerprint density at radius 1 is 1.10 bits per heavy atom. The van der Waals surface area contributed by atoms with E-state index in [-0.39, 0.29) is 22.9 Å². The molecule has 0 bridgehead atoms. The van der Waals surface area contributed by atoms with Crippen molar-refractivity contribution < 1.29 is 23.5 Å². The molecule has 1 aliphatic rings. The summed E-state index contributed by atoms with van der Waals surface area (Å²) in [5.74, 6) is -1.62. The fourth-order valence-corrected chi connectivity index (χ4v) is 3.02. The largest absolute Gasteiger partial charge is 0.423 e. The Bertz CT molecular complexity index is 1250. The number of hydrogen-bond acceptors (Lipinski definition) is 5. The molecule has 154 valence electrons. The number of carbonyl (C=O) groups excluding carboxylic acids is 2. The van der Waals surface area contributed by atoms with Crippen molar-refractivity contribution in [3.8, 4) is 5.75 Å². The molecule has 0 saturated heterocycles. The molecule has 3 aromatic carbocycles. The number of aliphatic imine (C=N–C) groups is 1. The first-order chi connectivity index (χ1) is 14.9. The quantitative estimate of drug-likeness (QED) is 0.315. The molecule has 0 unspecified atom stereocenters. The maximum Gasteiger partial charge on any atom is 0.363 e. The second kappa shape index (κ2) is 8.53. The summed E-state index contributed by atoms with van der Waals surface area (Å²) < 4.78 is 24.1. The Kier molecular flexibility index (Phi) is 5.64. The van der Waals surface area contributed by atoms with Gasteiger partial charge in [0.2, 0.25) is 5.90 Å². The number of carbonyl (C=O) groups is 2. The molecule has 0 N–H and O–H groups in total. The van der Waals surface area contributed by atoms with Crippen molar-refractivity contribution in [3.63, 3.8) is 0 Å². The molecule has 4 rings (SSSR count). The molecule has 1 heterocycles. The zero-order chi connectivity index (χ0) is 22.0. The van der Waals surface area contributed by atoms with Crippen LogP contribution >= 0.6 is 11.6 Å². The predicted molar refractivity (Wildman–Crippen MR) is 115 cm³/mol. The second-order valence-electron chi connectivity index (χ2n) is 6.74. The number of benzene rings is 3. The third kappa shape index (κ3) is 4.54. The molecule has 0 spiro atoms. The van der Waals surface area contributed by atoms with Crippen molar-refractivity contribution in [2.45, 2.75) is 6.92 Å². The van der Waals surface area contributed by atoms with Gasteiger partial charge in [-0.05, 0) is 60.5 Å². The van der Waals surface area contributed by atoms with Crippen LogP contribution in [0.1, 0.15) is 27.0 Å². The zero-order valence-corrected chi connectivity index (χ0v) is 17.0. The lowest BCUT2D eigenvalue weighted by molar-refractivity contribution is -0.129. The van der Waals surface area contributed by atoms with E-state index >= 15 is 0 Å². The Balaban J connectivity index is 1.50. The van der Waals surface area contributed by atoms with Crippen LogP contribution < -0.4 is 4.74 Å². The van der Waals surface area contributed by atoms with Gasteiger partial charge in [0.25, 0.3) is 0 Å². The number of esters is 2. The first kappa shape index (κ1) is 20.5. The van der Waals surface area contributed by atoms with E-state index < -0.39 is 17.8 Å². The third-order valence-corrected chi connectivity index (χ3v) is 4.93. The van der Waals surface area contributed by atoms with E-state index in [1.165, 1.54) is 30.3 Å². The minimum Gasteiger partial charge on any atom is -0.423 e. The van der Waals surface area contributed by atoms with Gasteiger partial charge in [-0.3, -0.25) is 0 Å². The molecule has 5 nitrogen and oxygen atoms in total. The predicted octanol–water partition coefficient (Wildman–Crippen LogP) is 5.35. The maximum absolute atomic E-state index is 13.7. The van der Waals surface area contributed by atoms with Crippen molar-refractivity contribution in [3.05, 3.63) is 106 Å². The van der Waals surface area contributed by atoms with Gasteiger partial charge >= 0.3 is 11.9 Å². The van der Waals surface area contributed by atoms with Crippen molar-refractivity contribution in [2.24, 2.45) is 4.99 Å². The summed E-state index contributed by atoms with van der Waals surface area (Å²) in [6, 6.07) is 17.2. The van der Waals surface area contributed by atoms with Crippen LogP contribution in [-0.2, 0) is 9.53 Å². The molecule has 0 fully saturated rings. The number of cyclic esters (lactones) is 1. The lowest BCUT2D eigenvalue weighted by atomic mass is 10.1.